The minimum Gasteiger partial charge on any atom is -0.465 e. The van der Waals surface area contributed by atoms with Crippen LogP contribution in [0.4, 0.5) is 0 Å². The summed E-state index contributed by atoms with van der Waals surface area (Å²) >= 11 is 0. The molecule has 0 aromatic carbocycles. The second-order valence-electron chi connectivity index (χ2n) is 6.15. The Morgan fingerprint density at radius 3 is 1.95 bits per heavy atom. The van der Waals surface area contributed by atoms with E-state index in [4.69, 9.17) is 4.74 Å². The van der Waals surface area contributed by atoms with Gasteiger partial charge in [0.1, 0.15) is 0 Å². The first kappa shape index (κ1) is 19.3. The molecule has 0 amide bonds. The molecule has 0 radical (unpaired) electrons. The van der Waals surface area contributed by atoms with Gasteiger partial charge < -0.3 is 10.1 Å². The molecule has 0 heterocycles. The Hall–Kier alpha value is -0.730. The summed E-state index contributed by atoms with van der Waals surface area (Å²) in [7, 11) is 0. The quantitative estimate of drug-likeness (QED) is 0.332. The van der Waals surface area contributed by atoms with E-state index in [2.05, 4.69) is 44.9 Å². The van der Waals surface area contributed by atoms with Gasteiger partial charge >= 0.3 is 0 Å². The Kier molecular flexibility index (Phi) is 12.8. The van der Waals surface area contributed by atoms with E-state index in [1.807, 2.05) is 0 Å². The number of amidine groups is 1. The lowest BCUT2D eigenvalue weighted by Crippen LogP contribution is -2.33. The van der Waals surface area contributed by atoms with Crippen molar-refractivity contribution in [2.45, 2.75) is 98.1 Å². The lowest BCUT2D eigenvalue weighted by atomic mass is 10.1. The van der Waals surface area contributed by atoms with Crippen LogP contribution >= 0.6 is 0 Å². The predicted molar refractivity (Wildman–Crippen MR) is 89.4 cm³/mol. The molecule has 0 unspecified atom stereocenters. The maximum atomic E-state index is 5.75. The van der Waals surface area contributed by atoms with Gasteiger partial charge in [-0.15, -0.1) is 0 Å². The largest absolute Gasteiger partial charge is 0.465 e. The second-order valence-corrected chi connectivity index (χ2v) is 6.15. The molecule has 1 N–H and O–H groups in total. The SMILES string of the molecule is CCCCCCCCCCOC(=NC(C)C)NC(C)C. The van der Waals surface area contributed by atoms with Crippen molar-refractivity contribution in [3.8, 4) is 0 Å². The van der Waals surface area contributed by atoms with Gasteiger partial charge in [-0.05, 0) is 34.1 Å². The smallest absolute Gasteiger partial charge is 0.285 e. The third-order valence-corrected chi connectivity index (χ3v) is 3.02. The van der Waals surface area contributed by atoms with Crippen molar-refractivity contribution in [2.75, 3.05) is 6.61 Å². The molecule has 0 fully saturated rings. The van der Waals surface area contributed by atoms with Crippen molar-refractivity contribution in [2.24, 2.45) is 4.99 Å². The van der Waals surface area contributed by atoms with Gasteiger partial charge in [0, 0.05) is 12.1 Å². The summed E-state index contributed by atoms with van der Waals surface area (Å²) < 4.78 is 5.75. The van der Waals surface area contributed by atoms with E-state index >= 15 is 0 Å². The number of nitrogens with one attached hydrogen (secondary N) is 1. The van der Waals surface area contributed by atoms with Crippen LogP contribution in [0.5, 0.6) is 0 Å². The summed E-state index contributed by atoms with van der Waals surface area (Å²) in [6.07, 6.45) is 10.6. The highest BCUT2D eigenvalue weighted by Crippen LogP contribution is 2.08. The minimum absolute atomic E-state index is 0.273. The van der Waals surface area contributed by atoms with Crippen molar-refractivity contribution in [3.63, 3.8) is 0 Å². The molecule has 0 aliphatic carbocycles. The van der Waals surface area contributed by atoms with Gasteiger partial charge in [0.15, 0.2) is 0 Å². The maximum Gasteiger partial charge on any atom is 0.285 e. The van der Waals surface area contributed by atoms with Gasteiger partial charge in [0.2, 0.25) is 0 Å². The number of rotatable bonds is 11. The number of unbranched alkanes of at least 4 members (excludes halogenated alkanes) is 7. The van der Waals surface area contributed by atoms with Crippen LogP contribution in [0.3, 0.4) is 0 Å². The van der Waals surface area contributed by atoms with E-state index in [1.165, 1.54) is 44.9 Å². The van der Waals surface area contributed by atoms with Crippen LogP contribution in [-0.4, -0.2) is 24.7 Å². The van der Waals surface area contributed by atoms with Crippen LogP contribution in [0.1, 0.15) is 86.0 Å². The van der Waals surface area contributed by atoms with Gasteiger partial charge in [0.05, 0.1) is 6.61 Å². The molecule has 0 saturated carbocycles. The number of ether oxygens (including phenoxy) is 1. The molecule has 3 heteroatoms. The molecule has 0 aromatic heterocycles. The number of aliphatic imine (C=N–C) groups is 1. The Morgan fingerprint density at radius 1 is 0.900 bits per heavy atom. The average Bonchev–Trinajstić information content (AvgIpc) is 2.35. The first-order valence-electron chi connectivity index (χ1n) is 8.53. The monoisotopic (exact) mass is 284 g/mol. The number of hydrogen-bond donors (Lipinski definition) is 1. The van der Waals surface area contributed by atoms with Gasteiger partial charge in [-0.1, -0.05) is 51.9 Å². The standard InChI is InChI=1S/C17H36N2O/c1-6-7-8-9-10-11-12-13-14-20-17(18-15(2)3)19-16(4)5/h15-16H,6-14H2,1-5H3,(H,18,19). The highest BCUT2D eigenvalue weighted by molar-refractivity contribution is 5.73. The molecule has 0 atom stereocenters. The lowest BCUT2D eigenvalue weighted by Gasteiger charge is -2.15. The normalized spacial score (nSPS) is 12.2. The summed E-state index contributed by atoms with van der Waals surface area (Å²) in [5.74, 6) is 0. The number of nitrogens with zero attached hydrogens (tertiary/aromatic N) is 1. The summed E-state index contributed by atoms with van der Waals surface area (Å²) in [4.78, 5) is 4.47. The molecule has 120 valence electrons. The van der Waals surface area contributed by atoms with Crippen LogP contribution in [0.2, 0.25) is 0 Å². The fourth-order valence-electron chi connectivity index (χ4n) is 2.00. The Morgan fingerprint density at radius 2 is 1.45 bits per heavy atom. The van der Waals surface area contributed by atoms with Gasteiger partial charge in [-0.2, -0.15) is 0 Å². The van der Waals surface area contributed by atoms with Crippen molar-refractivity contribution < 1.29 is 4.74 Å². The third-order valence-electron chi connectivity index (χ3n) is 3.02. The van der Waals surface area contributed by atoms with E-state index in [9.17, 15) is 0 Å². The van der Waals surface area contributed by atoms with Crippen LogP contribution in [0.15, 0.2) is 4.99 Å². The molecule has 0 spiro atoms. The summed E-state index contributed by atoms with van der Waals surface area (Å²) in [6, 6.07) is 1.35. The highest BCUT2D eigenvalue weighted by Gasteiger charge is 2.03. The van der Waals surface area contributed by atoms with Crippen LogP contribution in [0, 0.1) is 0 Å². The van der Waals surface area contributed by atoms with E-state index in [-0.39, 0.29) is 6.04 Å². The van der Waals surface area contributed by atoms with Crippen LogP contribution < -0.4 is 5.32 Å². The van der Waals surface area contributed by atoms with Crippen molar-refractivity contribution in [1.29, 1.82) is 0 Å². The molecule has 0 bridgehead atoms. The van der Waals surface area contributed by atoms with Gasteiger partial charge in [0.25, 0.3) is 6.02 Å². The molecule has 0 aliphatic heterocycles. The highest BCUT2D eigenvalue weighted by atomic mass is 16.5. The second kappa shape index (κ2) is 13.3. The summed E-state index contributed by atoms with van der Waals surface area (Å²) in [5, 5.41) is 3.26. The minimum atomic E-state index is 0.273. The fourth-order valence-corrected chi connectivity index (χ4v) is 2.00. The van der Waals surface area contributed by atoms with Crippen molar-refractivity contribution >= 4 is 6.02 Å². The Labute approximate surface area is 126 Å². The van der Waals surface area contributed by atoms with E-state index in [1.54, 1.807) is 0 Å². The average molecular weight is 284 g/mol. The zero-order valence-electron chi connectivity index (χ0n) is 14.4. The molecule has 0 aromatic rings. The summed E-state index contributed by atoms with van der Waals surface area (Å²) in [5.41, 5.74) is 0. The van der Waals surface area contributed by atoms with Gasteiger partial charge in [-0.25, -0.2) is 4.99 Å². The van der Waals surface area contributed by atoms with E-state index in [0.717, 1.165) is 13.0 Å². The predicted octanol–water partition coefficient (Wildman–Crippen LogP) is 4.91. The first-order valence-corrected chi connectivity index (χ1v) is 8.53. The number of hydrogen-bond acceptors (Lipinski definition) is 2. The van der Waals surface area contributed by atoms with Crippen LogP contribution in [-0.2, 0) is 4.74 Å². The molecule has 20 heavy (non-hydrogen) atoms. The molecule has 0 saturated heterocycles. The molecular formula is C17H36N2O. The Balaban J connectivity index is 3.59. The van der Waals surface area contributed by atoms with Crippen LogP contribution in [0.25, 0.3) is 0 Å². The first-order chi connectivity index (χ1) is 9.56. The molecule has 0 aliphatic rings. The summed E-state index contributed by atoms with van der Waals surface area (Å²) in [6.45, 7) is 11.4. The zero-order chi connectivity index (χ0) is 15.2. The van der Waals surface area contributed by atoms with Gasteiger partial charge in [-0.3, -0.25) is 0 Å². The van der Waals surface area contributed by atoms with Crippen molar-refractivity contribution in [3.05, 3.63) is 0 Å². The van der Waals surface area contributed by atoms with E-state index in [0.29, 0.717) is 12.1 Å². The zero-order valence-corrected chi connectivity index (χ0v) is 14.4. The lowest BCUT2D eigenvalue weighted by molar-refractivity contribution is 0.272. The fraction of sp³-hybridized carbons (Fsp3) is 0.941. The Bertz CT molecular complexity index is 237. The topological polar surface area (TPSA) is 33.6 Å². The molecular weight excluding hydrogens is 248 g/mol. The molecule has 0 rings (SSSR count). The third kappa shape index (κ3) is 13.7. The van der Waals surface area contributed by atoms with Crippen molar-refractivity contribution in [1.82, 2.24) is 5.32 Å². The van der Waals surface area contributed by atoms with E-state index < -0.39 is 0 Å². The maximum absolute atomic E-state index is 5.75. The molecule has 3 nitrogen and oxygen atoms in total.